The number of aromatic nitrogens is 3. The van der Waals surface area contributed by atoms with Crippen molar-refractivity contribution in [3.05, 3.63) is 78.6 Å². The van der Waals surface area contributed by atoms with Crippen molar-refractivity contribution in [3.8, 4) is 11.6 Å². The SMILES string of the molecule is CS(=O)(=O)c1ccc2c(ccn2-c2ccc(OC3CCN(Cc4ccc(F)cn4)CC3)cn2)c1. The number of fused-ring (bicyclic) bond motifs is 1. The monoisotopic (exact) mass is 480 g/mol. The number of rotatable bonds is 6. The third-order valence-corrected chi connectivity index (χ3v) is 7.18. The summed E-state index contributed by atoms with van der Waals surface area (Å²) >= 11 is 0. The van der Waals surface area contributed by atoms with Crippen molar-refractivity contribution >= 4 is 20.7 Å². The van der Waals surface area contributed by atoms with Gasteiger partial charge >= 0.3 is 0 Å². The van der Waals surface area contributed by atoms with Crippen molar-refractivity contribution in [2.75, 3.05) is 19.3 Å². The van der Waals surface area contributed by atoms with Crippen molar-refractivity contribution in [2.45, 2.75) is 30.4 Å². The second-order valence-corrected chi connectivity index (χ2v) is 10.6. The molecule has 9 heteroatoms. The first-order valence-electron chi connectivity index (χ1n) is 11.1. The fraction of sp³-hybridized carbons (Fsp3) is 0.280. The predicted octanol–water partition coefficient (Wildman–Crippen LogP) is 4.01. The van der Waals surface area contributed by atoms with E-state index >= 15 is 0 Å². The molecule has 0 radical (unpaired) electrons. The molecular formula is C25H25FN4O3S. The maximum absolute atomic E-state index is 13.0. The molecule has 7 nitrogen and oxygen atoms in total. The molecule has 5 rings (SSSR count). The molecule has 0 bridgehead atoms. The van der Waals surface area contributed by atoms with E-state index in [0.29, 0.717) is 11.4 Å². The highest BCUT2D eigenvalue weighted by Crippen LogP contribution is 2.25. The molecule has 1 aliphatic heterocycles. The Morgan fingerprint density at radius 1 is 1.03 bits per heavy atom. The number of likely N-dealkylation sites (tertiary alicyclic amines) is 1. The van der Waals surface area contributed by atoms with Gasteiger partial charge in [-0.3, -0.25) is 9.88 Å². The van der Waals surface area contributed by atoms with Crippen LogP contribution in [0.4, 0.5) is 4.39 Å². The summed E-state index contributed by atoms with van der Waals surface area (Å²) < 4.78 is 44.7. The molecule has 0 aliphatic carbocycles. The number of hydrogen-bond donors (Lipinski definition) is 0. The van der Waals surface area contributed by atoms with Crippen LogP contribution in [0, 0.1) is 5.82 Å². The van der Waals surface area contributed by atoms with E-state index in [1.807, 2.05) is 29.0 Å². The Labute approximate surface area is 197 Å². The summed E-state index contributed by atoms with van der Waals surface area (Å²) in [4.78, 5) is 11.3. The van der Waals surface area contributed by atoms with Gasteiger partial charge in [0.25, 0.3) is 0 Å². The number of benzene rings is 1. The third-order valence-electron chi connectivity index (χ3n) is 6.07. The van der Waals surface area contributed by atoms with E-state index in [1.54, 1.807) is 30.5 Å². The Bertz CT molecular complexity index is 1390. The van der Waals surface area contributed by atoms with Crippen LogP contribution in [-0.2, 0) is 16.4 Å². The van der Waals surface area contributed by atoms with Crippen LogP contribution in [0.2, 0.25) is 0 Å². The number of pyridine rings is 2. The van der Waals surface area contributed by atoms with Crippen LogP contribution in [0.25, 0.3) is 16.7 Å². The molecule has 3 aromatic heterocycles. The molecule has 1 aromatic carbocycles. The van der Waals surface area contributed by atoms with E-state index in [2.05, 4.69) is 14.9 Å². The van der Waals surface area contributed by atoms with Crippen LogP contribution < -0.4 is 4.74 Å². The van der Waals surface area contributed by atoms with Crippen molar-refractivity contribution in [3.63, 3.8) is 0 Å². The molecule has 4 heterocycles. The van der Waals surface area contributed by atoms with Gasteiger partial charge in [-0.25, -0.2) is 17.8 Å². The second kappa shape index (κ2) is 9.15. The molecular weight excluding hydrogens is 455 g/mol. The number of halogens is 1. The minimum absolute atomic E-state index is 0.117. The standard InChI is InChI=1S/C25H25FN4O3S/c1-34(31,32)23-5-6-24-18(14-23)8-13-30(24)25-7-4-22(16-28-25)33-21-9-11-29(12-10-21)17-20-3-2-19(26)15-27-20/h2-8,13-16,21H,9-12,17H2,1H3. The lowest BCUT2D eigenvalue weighted by Crippen LogP contribution is -2.38. The summed E-state index contributed by atoms with van der Waals surface area (Å²) in [5.74, 6) is 1.14. The van der Waals surface area contributed by atoms with Crippen molar-refractivity contribution < 1.29 is 17.5 Å². The summed E-state index contributed by atoms with van der Waals surface area (Å²) in [5.41, 5.74) is 1.75. The van der Waals surface area contributed by atoms with Crippen molar-refractivity contribution in [1.29, 1.82) is 0 Å². The molecule has 1 aliphatic rings. The topological polar surface area (TPSA) is 77.3 Å². The van der Waals surface area contributed by atoms with Gasteiger partial charge in [0, 0.05) is 37.5 Å². The molecule has 0 spiro atoms. The summed E-state index contributed by atoms with van der Waals surface area (Å²) in [6.45, 7) is 2.49. The predicted molar refractivity (Wildman–Crippen MR) is 127 cm³/mol. The Kier molecular flexibility index (Phi) is 6.05. The normalized spacial score (nSPS) is 15.6. The molecule has 0 N–H and O–H groups in total. The van der Waals surface area contributed by atoms with E-state index in [0.717, 1.165) is 54.1 Å². The Hall–Kier alpha value is -3.30. The highest BCUT2D eigenvalue weighted by molar-refractivity contribution is 7.90. The minimum Gasteiger partial charge on any atom is -0.489 e. The van der Waals surface area contributed by atoms with Crippen LogP contribution in [0.1, 0.15) is 18.5 Å². The smallest absolute Gasteiger partial charge is 0.175 e. The summed E-state index contributed by atoms with van der Waals surface area (Å²) in [6.07, 6.45) is 7.98. The van der Waals surface area contributed by atoms with Gasteiger partial charge in [-0.15, -0.1) is 0 Å². The molecule has 0 atom stereocenters. The Balaban J connectivity index is 1.20. The van der Waals surface area contributed by atoms with Gasteiger partial charge in [-0.2, -0.15) is 0 Å². The molecule has 0 unspecified atom stereocenters. The highest BCUT2D eigenvalue weighted by Gasteiger charge is 2.21. The maximum Gasteiger partial charge on any atom is 0.175 e. The average molecular weight is 481 g/mol. The van der Waals surface area contributed by atoms with E-state index in [-0.39, 0.29) is 11.9 Å². The van der Waals surface area contributed by atoms with Gasteiger partial charge in [0.05, 0.1) is 28.5 Å². The molecule has 0 saturated carbocycles. The first kappa shape index (κ1) is 22.5. The van der Waals surface area contributed by atoms with Crippen LogP contribution in [0.15, 0.2) is 72.0 Å². The lowest BCUT2D eigenvalue weighted by Gasteiger charge is -2.31. The zero-order valence-corrected chi connectivity index (χ0v) is 19.6. The number of ether oxygens (including phenoxy) is 1. The van der Waals surface area contributed by atoms with E-state index < -0.39 is 9.84 Å². The first-order valence-corrected chi connectivity index (χ1v) is 13.0. The average Bonchev–Trinajstić information content (AvgIpc) is 3.25. The zero-order valence-electron chi connectivity index (χ0n) is 18.8. The van der Waals surface area contributed by atoms with E-state index in [1.165, 1.54) is 18.5 Å². The third kappa shape index (κ3) is 4.95. The van der Waals surface area contributed by atoms with Crippen LogP contribution in [0.5, 0.6) is 5.75 Å². The summed E-state index contributed by atoms with van der Waals surface area (Å²) in [7, 11) is -3.25. The minimum atomic E-state index is -3.25. The molecule has 4 aromatic rings. The number of hydrogen-bond acceptors (Lipinski definition) is 6. The molecule has 1 fully saturated rings. The summed E-state index contributed by atoms with van der Waals surface area (Å²) in [5, 5.41) is 0.840. The molecule has 0 amide bonds. The fourth-order valence-corrected chi connectivity index (χ4v) is 4.90. The van der Waals surface area contributed by atoms with Gasteiger partial charge in [-0.1, -0.05) is 0 Å². The van der Waals surface area contributed by atoms with Crippen LogP contribution in [-0.4, -0.2) is 53.3 Å². The maximum atomic E-state index is 13.0. The van der Waals surface area contributed by atoms with Crippen molar-refractivity contribution in [1.82, 2.24) is 19.4 Å². The van der Waals surface area contributed by atoms with E-state index in [4.69, 9.17) is 4.74 Å². The lowest BCUT2D eigenvalue weighted by molar-refractivity contribution is 0.0958. The van der Waals surface area contributed by atoms with Crippen LogP contribution >= 0.6 is 0 Å². The number of nitrogens with zero attached hydrogens (tertiary/aromatic N) is 4. The van der Waals surface area contributed by atoms with Gasteiger partial charge in [0.2, 0.25) is 0 Å². The molecule has 34 heavy (non-hydrogen) atoms. The zero-order chi connectivity index (χ0) is 23.7. The fourth-order valence-electron chi connectivity index (χ4n) is 4.24. The van der Waals surface area contributed by atoms with Gasteiger partial charge < -0.3 is 9.30 Å². The lowest BCUT2D eigenvalue weighted by atomic mass is 10.1. The number of sulfone groups is 1. The van der Waals surface area contributed by atoms with Gasteiger partial charge in [0.1, 0.15) is 23.5 Å². The van der Waals surface area contributed by atoms with Crippen molar-refractivity contribution in [2.24, 2.45) is 0 Å². The Morgan fingerprint density at radius 2 is 1.85 bits per heavy atom. The van der Waals surface area contributed by atoms with Gasteiger partial charge in [-0.05, 0) is 61.4 Å². The summed E-state index contributed by atoms with van der Waals surface area (Å²) in [6, 6.07) is 13.9. The quantitative estimate of drug-likeness (QED) is 0.415. The largest absolute Gasteiger partial charge is 0.489 e. The highest BCUT2D eigenvalue weighted by atomic mass is 32.2. The number of piperidine rings is 1. The van der Waals surface area contributed by atoms with Gasteiger partial charge in [0.15, 0.2) is 9.84 Å². The molecule has 176 valence electrons. The molecule has 1 saturated heterocycles. The Morgan fingerprint density at radius 3 is 2.53 bits per heavy atom. The van der Waals surface area contributed by atoms with Crippen LogP contribution in [0.3, 0.4) is 0 Å². The second-order valence-electron chi connectivity index (χ2n) is 8.59. The first-order chi connectivity index (χ1) is 16.3. The van der Waals surface area contributed by atoms with E-state index in [9.17, 15) is 12.8 Å².